The van der Waals surface area contributed by atoms with E-state index in [9.17, 15) is 14.4 Å². The summed E-state index contributed by atoms with van der Waals surface area (Å²) in [4.78, 5) is 36.3. The van der Waals surface area contributed by atoms with Crippen molar-refractivity contribution in [1.29, 1.82) is 0 Å². The number of methoxy groups -OCH3 is 1. The number of rotatable bonds is 4. The molecule has 1 aliphatic rings. The van der Waals surface area contributed by atoms with E-state index >= 15 is 0 Å². The van der Waals surface area contributed by atoms with Gasteiger partial charge in [-0.05, 0) is 30.3 Å². The molecule has 1 aliphatic heterocycles. The molecule has 1 N–H and O–H groups in total. The zero-order valence-electron chi connectivity index (χ0n) is 12.9. The van der Waals surface area contributed by atoms with Crippen LogP contribution in [0.2, 0.25) is 0 Å². The van der Waals surface area contributed by atoms with Crippen LogP contribution in [0.4, 0.5) is 4.79 Å². The Kier molecular flexibility index (Phi) is 4.15. The number of aromatic nitrogens is 1. The molecule has 1 aromatic heterocycles. The smallest absolute Gasteiger partial charge is 0.329 e. The predicted octanol–water partition coefficient (Wildman–Crippen LogP) is 1.54. The van der Waals surface area contributed by atoms with Gasteiger partial charge in [-0.2, -0.15) is 0 Å². The summed E-state index contributed by atoms with van der Waals surface area (Å²) in [6.07, 6.45) is 3.43. The number of hydrogen-bond acceptors (Lipinski definition) is 4. The monoisotopic (exact) mass is 325 g/mol. The molecule has 7 heteroatoms. The van der Waals surface area contributed by atoms with Gasteiger partial charge < -0.3 is 14.6 Å². The maximum absolute atomic E-state index is 12.3. The molecule has 122 valence electrons. The van der Waals surface area contributed by atoms with Crippen molar-refractivity contribution >= 4 is 24.0 Å². The van der Waals surface area contributed by atoms with Crippen molar-refractivity contribution in [2.45, 2.75) is 0 Å². The molecular weight excluding hydrogens is 310 g/mol. The first-order valence-electron chi connectivity index (χ1n) is 7.24. The lowest BCUT2D eigenvalue weighted by molar-refractivity contribution is -0.143. The lowest BCUT2D eigenvalue weighted by Gasteiger charge is -2.09. The van der Waals surface area contributed by atoms with Gasteiger partial charge in [0.1, 0.15) is 12.2 Å². The van der Waals surface area contributed by atoms with Gasteiger partial charge in [-0.3, -0.25) is 9.59 Å². The van der Waals surface area contributed by atoms with Crippen LogP contribution in [0.5, 0.6) is 0 Å². The number of imide groups is 1. The first-order valence-corrected chi connectivity index (χ1v) is 7.24. The molecule has 3 rings (SSSR count). The molecule has 1 fully saturated rings. The zero-order chi connectivity index (χ0) is 17.1. The molecule has 1 aromatic carbocycles. The summed E-state index contributed by atoms with van der Waals surface area (Å²) >= 11 is 0. The fraction of sp³-hybridized carbons (Fsp3) is 0.118. The van der Waals surface area contributed by atoms with E-state index < -0.39 is 24.5 Å². The van der Waals surface area contributed by atoms with Crippen LogP contribution in [0, 0.1) is 0 Å². The number of esters is 1. The predicted molar refractivity (Wildman–Crippen MR) is 86.0 cm³/mol. The fourth-order valence-electron chi connectivity index (χ4n) is 2.39. The lowest BCUT2D eigenvalue weighted by atomic mass is 10.3. The summed E-state index contributed by atoms with van der Waals surface area (Å²) in [6.45, 7) is -0.418. The molecule has 24 heavy (non-hydrogen) atoms. The van der Waals surface area contributed by atoms with Gasteiger partial charge in [0.05, 0.1) is 7.11 Å². The van der Waals surface area contributed by atoms with Crippen LogP contribution in [-0.4, -0.2) is 41.0 Å². The van der Waals surface area contributed by atoms with Gasteiger partial charge in [-0.15, -0.1) is 0 Å². The van der Waals surface area contributed by atoms with Crippen LogP contribution < -0.4 is 5.32 Å². The fourth-order valence-corrected chi connectivity index (χ4v) is 2.39. The van der Waals surface area contributed by atoms with Crippen LogP contribution in [0.15, 0.2) is 54.4 Å². The molecule has 0 bridgehead atoms. The topological polar surface area (TPSA) is 80.6 Å². The third-order valence-electron chi connectivity index (χ3n) is 3.58. The van der Waals surface area contributed by atoms with Gasteiger partial charge >= 0.3 is 12.0 Å². The van der Waals surface area contributed by atoms with Crippen molar-refractivity contribution in [1.82, 2.24) is 14.8 Å². The number of para-hydroxylation sites is 1. The summed E-state index contributed by atoms with van der Waals surface area (Å²) in [6, 6.07) is 12.6. The van der Waals surface area contributed by atoms with Gasteiger partial charge in [0.2, 0.25) is 0 Å². The van der Waals surface area contributed by atoms with E-state index in [1.807, 2.05) is 53.2 Å². The lowest BCUT2D eigenvalue weighted by Crippen LogP contribution is -2.36. The molecule has 0 radical (unpaired) electrons. The summed E-state index contributed by atoms with van der Waals surface area (Å²) in [5.41, 5.74) is 1.77. The van der Waals surface area contributed by atoms with E-state index in [0.29, 0.717) is 0 Å². The standard InChI is InChI=1S/C17H15N3O4/c1-24-15(21)11-20-16(22)14(18-17(20)23)10-13-8-5-9-19(13)12-6-3-2-4-7-12/h2-10H,11H2,1H3,(H,18,23)/b14-10+. The molecule has 0 spiro atoms. The van der Waals surface area contributed by atoms with Crippen LogP contribution in [-0.2, 0) is 14.3 Å². The Morgan fingerprint density at radius 3 is 2.62 bits per heavy atom. The number of ether oxygens (including phenoxy) is 1. The Balaban J connectivity index is 1.88. The molecule has 7 nitrogen and oxygen atoms in total. The molecule has 2 aromatic rings. The average molecular weight is 325 g/mol. The highest BCUT2D eigenvalue weighted by Crippen LogP contribution is 2.18. The molecular formula is C17H15N3O4. The Hall–Kier alpha value is -3.35. The number of hydrogen-bond donors (Lipinski definition) is 1. The van der Waals surface area contributed by atoms with E-state index in [2.05, 4.69) is 10.1 Å². The van der Waals surface area contributed by atoms with E-state index in [4.69, 9.17) is 0 Å². The molecule has 1 saturated heterocycles. The Morgan fingerprint density at radius 2 is 1.92 bits per heavy atom. The zero-order valence-corrected chi connectivity index (χ0v) is 12.9. The largest absolute Gasteiger partial charge is 0.468 e. The summed E-state index contributed by atoms with van der Waals surface area (Å²) in [5, 5.41) is 2.48. The van der Waals surface area contributed by atoms with E-state index in [0.717, 1.165) is 16.3 Å². The van der Waals surface area contributed by atoms with Crippen molar-refractivity contribution in [2.24, 2.45) is 0 Å². The van der Waals surface area contributed by atoms with Crippen molar-refractivity contribution in [3.8, 4) is 5.69 Å². The van der Waals surface area contributed by atoms with Gasteiger partial charge in [-0.1, -0.05) is 18.2 Å². The minimum Gasteiger partial charge on any atom is -0.468 e. The molecule has 0 aliphatic carbocycles. The first-order chi connectivity index (χ1) is 11.6. The van der Waals surface area contributed by atoms with Gasteiger partial charge in [-0.25, -0.2) is 9.69 Å². The molecule has 0 unspecified atom stereocenters. The number of benzene rings is 1. The summed E-state index contributed by atoms with van der Waals surface area (Å²) in [5.74, 6) is -1.22. The molecule has 3 amide bonds. The minimum atomic E-state index is -0.660. The van der Waals surface area contributed by atoms with E-state index in [1.54, 1.807) is 6.08 Å². The number of nitrogens with one attached hydrogen (secondary N) is 1. The van der Waals surface area contributed by atoms with Crippen molar-refractivity contribution in [2.75, 3.05) is 13.7 Å². The van der Waals surface area contributed by atoms with Crippen LogP contribution in [0.25, 0.3) is 11.8 Å². The number of urea groups is 1. The van der Waals surface area contributed by atoms with Gasteiger partial charge in [0.15, 0.2) is 0 Å². The van der Waals surface area contributed by atoms with Gasteiger partial charge in [0.25, 0.3) is 5.91 Å². The van der Waals surface area contributed by atoms with Gasteiger partial charge in [0, 0.05) is 17.6 Å². The highest BCUT2D eigenvalue weighted by molar-refractivity contribution is 6.15. The molecule has 0 saturated carbocycles. The number of amides is 3. The highest BCUT2D eigenvalue weighted by Gasteiger charge is 2.35. The third kappa shape index (κ3) is 2.91. The second-order valence-electron chi connectivity index (χ2n) is 5.09. The van der Waals surface area contributed by atoms with Crippen molar-refractivity contribution in [3.05, 3.63) is 60.1 Å². The van der Waals surface area contributed by atoms with Crippen LogP contribution in [0.1, 0.15) is 5.69 Å². The summed E-state index contributed by atoms with van der Waals surface area (Å²) in [7, 11) is 1.20. The molecule has 0 atom stereocenters. The van der Waals surface area contributed by atoms with Crippen molar-refractivity contribution < 1.29 is 19.1 Å². The maximum atomic E-state index is 12.3. The molecule has 2 heterocycles. The SMILES string of the molecule is COC(=O)CN1C(=O)N/C(=C/c2cccn2-c2ccccc2)C1=O. The number of nitrogens with zero attached hydrogens (tertiary/aromatic N) is 2. The number of carbonyl (C=O) groups is 3. The maximum Gasteiger partial charge on any atom is 0.329 e. The first kappa shape index (κ1) is 15.5. The quantitative estimate of drug-likeness (QED) is 0.525. The van der Waals surface area contributed by atoms with Crippen LogP contribution in [0.3, 0.4) is 0 Å². The number of carbonyl (C=O) groups excluding carboxylic acids is 3. The Morgan fingerprint density at radius 1 is 1.17 bits per heavy atom. The van der Waals surface area contributed by atoms with E-state index in [-0.39, 0.29) is 5.70 Å². The second kappa shape index (κ2) is 6.41. The third-order valence-corrected chi connectivity index (χ3v) is 3.58. The summed E-state index contributed by atoms with van der Waals surface area (Å²) < 4.78 is 6.37. The normalized spacial score (nSPS) is 15.7. The highest BCUT2D eigenvalue weighted by atomic mass is 16.5. The van der Waals surface area contributed by atoms with Crippen molar-refractivity contribution in [3.63, 3.8) is 0 Å². The Bertz CT molecular complexity index is 823. The average Bonchev–Trinajstić information content (AvgIpc) is 3.16. The second-order valence-corrected chi connectivity index (χ2v) is 5.09. The Labute approximate surface area is 138 Å². The van der Waals surface area contributed by atoms with Crippen LogP contribution >= 0.6 is 0 Å². The van der Waals surface area contributed by atoms with E-state index in [1.165, 1.54) is 7.11 Å². The minimum absolute atomic E-state index is 0.111.